The van der Waals surface area contributed by atoms with Crippen LogP contribution in [0.15, 0.2) is 47.4 Å². The molecule has 25 heavy (non-hydrogen) atoms. The summed E-state index contributed by atoms with van der Waals surface area (Å²) < 4.78 is 16.3. The molecule has 0 bridgehead atoms. The minimum atomic E-state index is -0.552. The largest absolute Gasteiger partial charge is 0.314 e. The van der Waals surface area contributed by atoms with Crippen LogP contribution in [0.1, 0.15) is 21.7 Å². The molecular weight excluding hydrogens is 323 g/mol. The normalized spacial score (nSPS) is 10.7. The second-order valence-corrected chi connectivity index (χ2v) is 5.71. The van der Waals surface area contributed by atoms with E-state index in [0.717, 1.165) is 6.20 Å². The molecule has 128 valence electrons. The molecule has 1 amide bonds. The van der Waals surface area contributed by atoms with E-state index in [1.54, 1.807) is 37.7 Å². The quantitative estimate of drug-likeness (QED) is 0.797. The Kier molecular flexibility index (Phi) is 4.22. The van der Waals surface area contributed by atoms with Gasteiger partial charge in [-0.3, -0.25) is 14.3 Å². The van der Waals surface area contributed by atoms with E-state index in [1.165, 1.54) is 10.7 Å². The van der Waals surface area contributed by atoms with Crippen LogP contribution in [0.3, 0.4) is 0 Å². The average molecular weight is 340 g/mol. The monoisotopic (exact) mass is 340 g/mol. The van der Waals surface area contributed by atoms with Crippen LogP contribution in [0.4, 0.5) is 10.1 Å². The average Bonchev–Trinajstić information content (AvgIpc) is 2.79. The molecule has 0 unspecified atom stereocenters. The zero-order chi connectivity index (χ0) is 18.1. The third-order valence-electron chi connectivity index (χ3n) is 4.05. The van der Waals surface area contributed by atoms with E-state index in [1.807, 2.05) is 18.2 Å². The maximum atomic E-state index is 13.2. The number of para-hydroxylation sites is 1. The van der Waals surface area contributed by atoms with Gasteiger partial charge in [0, 0.05) is 7.05 Å². The molecule has 1 aromatic carbocycles. The third kappa shape index (κ3) is 2.96. The lowest BCUT2D eigenvalue weighted by Crippen LogP contribution is -2.23. The first-order chi connectivity index (χ1) is 11.9. The van der Waals surface area contributed by atoms with Crippen LogP contribution in [0.25, 0.3) is 5.69 Å². The number of nitrogens with zero attached hydrogens (tertiary/aromatic N) is 3. The SMILES string of the molecule is Cc1cc(F)cnc1C(=O)Nc1c(C)n(C)n(-c2ccccc2)c1=O. The van der Waals surface area contributed by atoms with Crippen LogP contribution >= 0.6 is 0 Å². The molecule has 2 heterocycles. The number of pyridine rings is 1. The number of hydrogen-bond acceptors (Lipinski definition) is 3. The molecule has 0 radical (unpaired) electrons. The topological polar surface area (TPSA) is 68.9 Å². The lowest BCUT2D eigenvalue weighted by Gasteiger charge is -2.07. The highest BCUT2D eigenvalue weighted by atomic mass is 19.1. The number of rotatable bonds is 3. The first kappa shape index (κ1) is 16.6. The minimum Gasteiger partial charge on any atom is -0.314 e. The Labute approximate surface area is 143 Å². The maximum absolute atomic E-state index is 13.2. The summed E-state index contributed by atoms with van der Waals surface area (Å²) in [4.78, 5) is 29.0. The van der Waals surface area contributed by atoms with Gasteiger partial charge >= 0.3 is 0 Å². The van der Waals surface area contributed by atoms with Crippen molar-refractivity contribution in [2.75, 3.05) is 5.32 Å². The third-order valence-corrected chi connectivity index (χ3v) is 4.05. The van der Waals surface area contributed by atoms with Crippen molar-refractivity contribution in [1.29, 1.82) is 0 Å². The molecule has 1 N–H and O–H groups in total. The Hall–Kier alpha value is -3.22. The van der Waals surface area contributed by atoms with Gasteiger partial charge in [0.1, 0.15) is 17.2 Å². The van der Waals surface area contributed by atoms with Gasteiger partial charge in [0.05, 0.1) is 17.6 Å². The molecule has 3 aromatic rings. The van der Waals surface area contributed by atoms with Crippen molar-refractivity contribution in [2.45, 2.75) is 13.8 Å². The van der Waals surface area contributed by atoms with Crippen LogP contribution in [0.2, 0.25) is 0 Å². The number of aromatic nitrogens is 3. The van der Waals surface area contributed by atoms with Crippen LogP contribution in [0, 0.1) is 19.7 Å². The van der Waals surface area contributed by atoms with Crippen LogP contribution in [0.5, 0.6) is 0 Å². The Morgan fingerprint density at radius 1 is 1.20 bits per heavy atom. The summed E-state index contributed by atoms with van der Waals surface area (Å²) in [5.41, 5.74) is 1.59. The van der Waals surface area contributed by atoms with Crippen molar-refractivity contribution in [3.63, 3.8) is 0 Å². The van der Waals surface area contributed by atoms with Gasteiger partial charge in [-0.2, -0.15) is 0 Å². The second kappa shape index (κ2) is 6.35. The number of benzene rings is 1. The Bertz CT molecular complexity index is 1010. The van der Waals surface area contributed by atoms with Gasteiger partial charge in [-0.25, -0.2) is 14.1 Å². The summed E-state index contributed by atoms with van der Waals surface area (Å²) >= 11 is 0. The van der Waals surface area contributed by atoms with E-state index in [2.05, 4.69) is 10.3 Å². The van der Waals surface area contributed by atoms with Gasteiger partial charge in [-0.15, -0.1) is 0 Å². The van der Waals surface area contributed by atoms with Crippen molar-refractivity contribution in [3.05, 3.63) is 75.7 Å². The zero-order valence-corrected chi connectivity index (χ0v) is 14.1. The molecule has 7 heteroatoms. The van der Waals surface area contributed by atoms with Crippen molar-refractivity contribution < 1.29 is 9.18 Å². The van der Waals surface area contributed by atoms with Crippen molar-refractivity contribution >= 4 is 11.6 Å². The Balaban J connectivity index is 2.02. The summed E-state index contributed by atoms with van der Waals surface area (Å²) in [6.07, 6.45) is 0.974. The van der Waals surface area contributed by atoms with E-state index in [9.17, 15) is 14.0 Å². The highest BCUT2D eigenvalue weighted by Crippen LogP contribution is 2.15. The fraction of sp³-hybridized carbons (Fsp3) is 0.167. The summed E-state index contributed by atoms with van der Waals surface area (Å²) in [6, 6.07) is 10.3. The number of carbonyl (C=O) groups is 1. The smallest absolute Gasteiger partial charge is 0.295 e. The van der Waals surface area contributed by atoms with E-state index in [-0.39, 0.29) is 16.9 Å². The fourth-order valence-electron chi connectivity index (χ4n) is 2.66. The van der Waals surface area contributed by atoms with Crippen LogP contribution in [-0.4, -0.2) is 20.3 Å². The first-order valence-corrected chi connectivity index (χ1v) is 7.67. The molecule has 3 rings (SSSR count). The van der Waals surface area contributed by atoms with Gasteiger partial charge in [0.2, 0.25) is 0 Å². The summed E-state index contributed by atoms with van der Waals surface area (Å²) in [5, 5.41) is 2.61. The van der Waals surface area contributed by atoms with E-state index in [0.29, 0.717) is 16.9 Å². The molecule has 0 saturated carbocycles. The standard InChI is InChI=1S/C18H17FN4O2/c1-11-9-13(19)10-20-15(11)17(24)21-16-12(2)22(3)23(18(16)25)14-7-5-4-6-8-14/h4-10H,1-3H3,(H,21,24). The zero-order valence-electron chi connectivity index (χ0n) is 14.1. The Morgan fingerprint density at radius 2 is 1.88 bits per heavy atom. The number of anilines is 1. The lowest BCUT2D eigenvalue weighted by atomic mass is 10.2. The predicted molar refractivity (Wildman–Crippen MR) is 92.6 cm³/mol. The van der Waals surface area contributed by atoms with E-state index >= 15 is 0 Å². The number of halogens is 1. The molecule has 0 aliphatic carbocycles. The highest BCUT2D eigenvalue weighted by Gasteiger charge is 2.20. The fourth-order valence-corrected chi connectivity index (χ4v) is 2.66. The highest BCUT2D eigenvalue weighted by molar-refractivity contribution is 6.04. The molecule has 0 aliphatic rings. The molecule has 0 saturated heterocycles. The van der Waals surface area contributed by atoms with Crippen LogP contribution in [-0.2, 0) is 7.05 Å². The molecule has 0 spiro atoms. The van der Waals surface area contributed by atoms with Gasteiger partial charge in [0.25, 0.3) is 11.5 Å². The molecule has 0 aliphatic heterocycles. The molecule has 6 nitrogen and oxygen atoms in total. The number of amides is 1. The second-order valence-electron chi connectivity index (χ2n) is 5.71. The first-order valence-electron chi connectivity index (χ1n) is 7.67. The number of nitrogens with one attached hydrogen (secondary N) is 1. The van der Waals surface area contributed by atoms with Crippen molar-refractivity contribution in [1.82, 2.24) is 14.3 Å². The van der Waals surface area contributed by atoms with E-state index in [4.69, 9.17) is 0 Å². The van der Waals surface area contributed by atoms with Crippen molar-refractivity contribution in [2.24, 2.45) is 7.05 Å². The van der Waals surface area contributed by atoms with Gasteiger partial charge in [-0.1, -0.05) is 18.2 Å². The molecule has 2 aromatic heterocycles. The Morgan fingerprint density at radius 3 is 2.52 bits per heavy atom. The predicted octanol–water partition coefficient (Wildman–Crippen LogP) is 2.58. The van der Waals surface area contributed by atoms with Crippen molar-refractivity contribution in [3.8, 4) is 5.69 Å². The summed E-state index contributed by atoms with van der Waals surface area (Å²) in [7, 11) is 1.74. The van der Waals surface area contributed by atoms with Gasteiger partial charge < -0.3 is 5.32 Å². The number of carbonyl (C=O) groups excluding carboxylic acids is 1. The molecule has 0 atom stereocenters. The minimum absolute atomic E-state index is 0.0790. The van der Waals surface area contributed by atoms with Gasteiger partial charge in [0.15, 0.2) is 0 Å². The number of hydrogen-bond donors (Lipinski definition) is 1. The van der Waals surface area contributed by atoms with E-state index < -0.39 is 11.7 Å². The maximum Gasteiger partial charge on any atom is 0.295 e. The van der Waals surface area contributed by atoms with Crippen LogP contribution < -0.4 is 10.9 Å². The van der Waals surface area contributed by atoms with Gasteiger partial charge in [-0.05, 0) is 37.6 Å². The summed E-state index contributed by atoms with van der Waals surface area (Å²) in [5.74, 6) is -1.07. The number of aryl methyl sites for hydroxylation is 1. The lowest BCUT2D eigenvalue weighted by molar-refractivity contribution is 0.102. The molecule has 0 fully saturated rings. The summed E-state index contributed by atoms with van der Waals surface area (Å²) in [6.45, 7) is 3.33. The molecular formula is C18H17FN4O2.